The summed E-state index contributed by atoms with van der Waals surface area (Å²) in [6, 6.07) is 2.99. The number of aromatic amines is 1. The smallest absolute Gasteiger partial charge is 0.418 e. The van der Waals surface area contributed by atoms with Crippen LogP contribution in [0.2, 0.25) is 0 Å². The summed E-state index contributed by atoms with van der Waals surface area (Å²) >= 11 is 5.17. The van der Waals surface area contributed by atoms with Gasteiger partial charge in [-0.3, -0.25) is 4.90 Å². The number of aromatic nitrogens is 2. The predicted molar refractivity (Wildman–Crippen MR) is 124 cm³/mol. The summed E-state index contributed by atoms with van der Waals surface area (Å²) in [5.41, 5.74) is -1.16. The van der Waals surface area contributed by atoms with Gasteiger partial charge in [0.1, 0.15) is 11.4 Å². The van der Waals surface area contributed by atoms with Gasteiger partial charge in [0.05, 0.1) is 24.2 Å². The van der Waals surface area contributed by atoms with E-state index >= 15 is 0 Å². The number of halogens is 5. The van der Waals surface area contributed by atoms with Crippen molar-refractivity contribution >= 4 is 34.1 Å². The molecule has 188 valence electrons. The molecule has 2 aromatic heterocycles. The van der Waals surface area contributed by atoms with Gasteiger partial charge in [-0.15, -0.1) is 0 Å². The van der Waals surface area contributed by atoms with Crippen LogP contribution in [0.3, 0.4) is 0 Å². The number of H-pyrrole nitrogens is 1. The van der Waals surface area contributed by atoms with Gasteiger partial charge in [0, 0.05) is 49.8 Å². The van der Waals surface area contributed by atoms with Crippen LogP contribution in [-0.4, -0.2) is 59.4 Å². The fourth-order valence-electron chi connectivity index (χ4n) is 3.68. The Bertz CT molecular complexity index is 1170. The molecular formula is C22H22F5N5O2S. The van der Waals surface area contributed by atoms with Gasteiger partial charge in [-0.2, -0.15) is 13.2 Å². The van der Waals surface area contributed by atoms with E-state index in [-0.39, 0.29) is 22.2 Å². The number of hydrogen-bond donors (Lipinski definition) is 3. The van der Waals surface area contributed by atoms with Crippen molar-refractivity contribution in [3.8, 4) is 11.5 Å². The van der Waals surface area contributed by atoms with Crippen molar-refractivity contribution in [2.45, 2.75) is 12.6 Å². The van der Waals surface area contributed by atoms with Crippen LogP contribution in [0.1, 0.15) is 12.0 Å². The van der Waals surface area contributed by atoms with Crippen molar-refractivity contribution in [2.75, 3.05) is 44.7 Å². The first kappa shape index (κ1) is 25.1. The first-order valence-electron chi connectivity index (χ1n) is 10.8. The number of alkyl halides is 3. The highest BCUT2D eigenvalue weighted by atomic mass is 32.1. The molecule has 0 spiro atoms. The number of ether oxygens (including phenoxy) is 2. The second-order valence-electron chi connectivity index (χ2n) is 7.79. The molecule has 3 heterocycles. The van der Waals surface area contributed by atoms with E-state index in [0.29, 0.717) is 19.8 Å². The normalized spacial score (nSPS) is 14.8. The predicted octanol–water partition coefficient (Wildman–Crippen LogP) is 4.66. The Morgan fingerprint density at radius 2 is 1.91 bits per heavy atom. The minimum atomic E-state index is -4.71. The maximum Gasteiger partial charge on any atom is 0.418 e. The summed E-state index contributed by atoms with van der Waals surface area (Å²) in [5.74, 6) is -3.46. The quantitative estimate of drug-likeness (QED) is 0.240. The van der Waals surface area contributed by atoms with Crippen LogP contribution >= 0.6 is 12.2 Å². The van der Waals surface area contributed by atoms with E-state index in [9.17, 15) is 22.0 Å². The van der Waals surface area contributed by atoms with E-state index in [1.807, 2.05) is 0 Å². The van der Waals surface area contributed by atoms with Crippen molar-refractivity contribution in [1.29, 1.82) is 0 Å². The molecule has 1 fully saturated rings. The van der Waals surface area contributed by atoms with Gasteiger partial charge in [0.15, 0.2) is 22.5 Å². The number of morpholine rings is 1. The fraction of sp³-hybridized carbons (Fsp3) is 0.364. The molecule has 0 atom stereocenters. The second kappa shape index (κ2) is 10.7. The summed E-state index contributed by atoms with van der Waals surface area (Å²) in [6.45, 7) is 4.61. The number of nitrogens with zero attached hydrogens (tertiary/aromatic N) is 2. The van der Waals surface area contributed by atoms with Crippen molar-refractivity contribution in [2.24, 2.45) is 0 Å². The third-order valence-corrected chi connectivity index (χ3v) is 5.60. The summed E-state index contributed by atoms with van der Waals surface area (Å²) in [5, 5.41) is 5.42. The molecule has 0 unspecified atom stereocenters. The lowest BCUT2D eigenvalue weighted by Gasteiger charge is -2.26. The summed E-state index contributed by atoms with van der Waals surface area (Å²) in [7, 11) is 0. The molecule has 3 aromatic rings. The van der Waals surface area contributed by atoms with Crippen LogP contribution in [0.15, 0.2) is 30.6 Å². The number of hydrogen-bond acceptors (Lipinski definition) is 5. The van der Waals surface area contributed by atoms with Gasteiger partial charge in [0.2, 0.25) is 0 Å². The molecule has 0 aliphatic carbocycles. The number of pyridine rings is 1. The molecule has 0 amide bonds. The van der Waals surface area contributed by atoms with E-state index in [1.54, 1.807) is 0 Å². The van der Waals surface area contributed by atoms with Gasteiger partial charge in [-0.1, -0.05) is 0 Å². The molecular weight excluding hydrogens is 493 g/mol. The number of benzene rings is 1. The molecule has 7 nitrogen and oxygen atoms in total. The van der Waals surface area contributed by atoms with Crippen LogP contribution in [0.5, 0.6) is 11.5 Å². The van der Waals surface area contributed by atoms with E-state index in [0.717, 1.165) is 50.5 Å². The van der Waals surface area contributed by atoms with Crippen molar-refractivity contribution < 1.29 is 31.4 Å². The Morgan fingerprint density at radius 1 is 1.20 bits per heavy atom. The van der Waals surface area contributed by atoms with Gasteiger partial charge in [-0.25, -0.2) is 13.8 Å². The number of fused-ring (bicyclic) bond motifs is 1. The summed E-state index contributed by atoms with van der Waals surface area (Å²) in [6.07, 6.45) is -2.01. The highest BCUT2D eigenvalue weighted by Crippen LogP contribution is 2.40. The summed E-state index contributed by atoms with van der Waals surface area (Å²) < 4.78 is 79.9. The maximum absolute atomic E-state index is 14.7. The average Bonchev–Trinajstić information content (AvgIpc) is 3.26. The average molecular weight is 516 g/mol. The zero-order chi connectivity index (χ0) is 25.0. The first-order valence-corrected chi connectivity index (χ1v) is 11.2. The van der Waals surface area contributed by atoms with Gasteiger partial charge in [-0.05, 0) is 31.2 Å². The molecule has 1 aliphatic heterocycles. The van der Waals surface area contributed by atoms with Crippen LogP contribution in [-0.2, 0) is 10.9 Å². The van der Waals surface area contributed by atoms with Crippen LogP contribution < -0.4 is 15.4 Å². The van der Waals surface area contributed by atoms with Crippen molar-refractivity contribution in [3.63, 3.8) is 0 Å². The van der Waals surface area contributed by atoms with Crippen LogP contribution in [0.25, 0.3) is 11.0 Å². The highest BCUT2D eigenvalue weighted by Gasteiger charge is 2.35. The van der Waals surface area contributed by atoms with E-state index in [2.05, 4.69) is 25.5 Å². The molecule has 3 N–H and O–H groups in total. The molecule has 1 aliphatic rings. The Kier molecular flexibility index (Phi) is 7.67. The maximum atomic E-state index is 14.7. The zero-order valence-corrected chi connectivity index (χ0v) is 19.2. The van der Waals surface area contributed by atoms with Crippen molar-refractivity contribution in [1.82, 2.24) is 20.2 Å². The standard InChI is InChI=1S/C22H22F5N5O2S/c23-15-10-13(31-21(35)29-3-1-5-32-6-8-33-9-7-32)11-16(24)19(15)34-17-2-4-28-20-18(17)14(12-30-20)22(25,26)27/h2,4,10-12H,1,3,5-9H2,(H,28,30)(H2,29,31,35). The number of thiocarbonyl (C=S) groups is 1. The number of rotatable bonds is 7. The zero-order valence-electron chi connectivity index (χ0n) is 18.3. The Morgan fingerprint density at radius 3 is 2.60 bits per heavy atom. The molecule has 0 radical (unpaired) electrons. The Hall–Kier alpha value is -3.03. The Labute approximate surface area is 202 Å². The topological polar surface area (TPSA) is 74.4 Å². The van der Waals surface area contributed by atoms with Gasteiger partial charge in [0.25, 0.3) is 0 Å². The number of anilines is 1. The largest absolute Gasteiger partial charge is 0.450 e. The third-order valence-electron chi connectivity index (χ3n) is 5.35. The van der Waals surface area contributed by atoms with Crippen LogP contribution in [0.4, 0.5) is 27.6 Å². The molecule has 0 bridgehead atoms. The fourth-order valence-corrected chi connectivity index (χ4v) is 3.90. The molecule has 35 heavy (non-hydrogen) atoms. The minimum absolute atomic E-state index is 0.0236. The van der Waals surface area contributed by atoms with Crippen molar-refractivity contribution in [3.05, 3.63) is 47.8 Å². The molecule has 0 saturated carbocycles. The van der Waals surface area contributed by atoms with Gasteiger partial charge >= 0.3 is 6.18 Å². The summed E-state index contributed by atoms with van der Waals surface area (Å²) in [4.78, 5) is 8.46. The lowest BCUT2D eigenvalue weighted by Crippen LogP contribution is -2.38. The molecule has 1 aromatic carbocycles. The second-order valence-corrected chi connectivity index (χ2v) is 8.20. The van der Waals surface area contributed by atoms with E-state index in [1.165, 1.54) is 6.20 Å². The molecule has 1 saturated heterocycles. The Balaban J connectivity index is 1.40. The van der Waals surface area contributed by atoms with Crippen LogP contribution in [0, 0.1) is 11.6 Å². The monoisotopic (exact) mass is 515 g/mol. The number of nitrogens with one attached hydrogen (secondary N) is 3. The molecule has 4 rings (SSSR count). The molecule has 13 heteroatoms. The highest BCUT2D eigenvalue weighted by molar-refractivity contribution is 7.80. The lowest BCUT2D eigenvalue weighted by atomic mass is 10.2. The first-order chi connectivity index (χ1) is 16.7. The van der Waals surface area contributed by atoms with Gasteiger partial charge < -0.3 is 25.1 Å². The SMILES string of the molecule is Fc1cc(NC(=S)NCCCN2CCOCC2)cc(F)c1Oc1ccnc2[nH]cc(C(F)(F)F)c12. The van der Waals surface area contributed by atoms with E-state index in [4.69, 9.17) is 21.7 Å². The van der Waals surface area contributed by atoms with E-state index < -0.39 is 34.5 Å². The lowest BCUT2D eigenvalue weighted by molar-refractivity contribution is -0.136. The third kappa shape index (κ3) is 6.16. The minimum Gasteiger partial charge on any atom is -0.450 e.